The third-order valence-electron chi connectivity index (χ3n) is 2.91. The first-order valence-electron chi connectivity index (χ1n) is 6.99. The van der Waals surface area contributed by atoms with Crippen LogP contribution in [0.4, 0.5) is 0 Å². The molecule has 1 aromatic heterocycles. The number of nitrogens with zero attached hydrogens (tertiary/aromatic N) is 1. The zero-order chi connectivity index (χ0) is 15.2. The number of aromatic nitrogens is 1. The third kappa shape index (κ3) is 10.4. The van der Waals surface area contributed by atoms with Gasteiger partial charge in [-0.15, -0.1) is 0 Å². The van der Waals surface area contributed by atoms with Crippen molar-refractivity contribution < 1.29 is 13.1 Å². The molecule has 0 radical (unpaired) electrons. The van der Waals surface area contributed by atoms with Crippen LogP contribution in [0.5, 0.6) is 0 Å². The van der Waals surface area contributed by atoms with Gasteiger partial charge in [0, 0.05) is 52.4 Å². The Morgan fingerprint density at radius 1 is 0.762 bits per heavy atom. The zero-order valence-electron chi connectivity index (χ0n) is 11.9. The fraction of sp³-hybridized carbons (Fsp3) is 0.615. The normalized spacial score (nSPS) is 18.0. The van der Waals surface area contributed by atoms with Gasteiger partial charge in [0.1, 0.15) is 0 Å². The summed E-state index contributed by atoms with van der Waals surface area (Å²) in [6.45, 7) is 7.68. The third-order valence-corrected chi connectivity index (χ3v) is 2.91. The molecule has 0 aromatic carbocycles. The fourth-order valence-corrected chi connectivity index (χ4v) is 1.94. The van der Waals surface area contributed by atoms with Crippen molar-refractivity contribution in [1.82, 2.24) is 26.3 Å². The molecule has 0 fully saturated rings. The molecule has 2 bridgehead atoms. The van der Waals surface area contributed by atoms with Crippen LogP contribution in [0.1, 0.15) is 11.4 Å². The van der Waals surface area contributed by atoms with Crippen molar-refractivity contribution in [3.63, 3.8) is 0 Å². The summed E-state index contributed by atoms with van der Waals surface area (Å²) >= 11 is 0.194. The molecule has 1 aromatic rings. The minimum absolute atomic E-state index is 0.194. The van der Waals surface area contributed by atoms with Gasteiger partial charge in [0.05, 0.1) is 11.4 Å². The number of hydrogen-bond acceptors (Lipinski definition) is 5. The molecule has 0 saturated heterocycles. The molecule has 8 heteroatoms. The molecule has 122 valence electrons. The summed E-state index contributed by atoms with van der Waals surface area (Å²) < 4.78 is 0. The molecule has 0 aliphatic carbocycles. The minimum Gasteiger partial charge on any atom is -0.314 e. The van der Waals surface area contributed by atoms with E-state index in [0.717, 1.165) is 63.7 Å². The first kappa shape index (κ1) is 19.1. The molecule has 2 heterocycles. The van der Waals surface area contributed by atoms with E-state index in [0.29, 0.717) is 0 Å². The van der Waals surface area contributed by atoms with Crippen molar-refractivity contribution in [3.8, 4) is 0 Å². The Bertz CT molecular complexity index is 341. The standard InChI is InChI=1S/C13H23N5.2ClH.Fe/c1-2-12-10-16-8-6-14-4-5-15-7-9-17-11-13(3-1)18-12;;;/h1-3,14-17H,4-11H2;2*1H;/q;;;+2/p-2. The average molecular weight is 376 g/mol. The zero-order valence-corrected chi connectivity index (χ0v) is 14.6. The van der Waals surface area contributed by atoms with Crippen LogP contribution < -0.4 is 21.3 Å². The van der Waals surface area contributed by atoms with Crippen LogP contribution in [-0.2, 0) is 26.2 Å². The van der Waals surface area contributed by atoms with E-state index >= 15 is 0 Å². The quantitative estimate of drug-likeness (QED) is 0.506. The van der Waals surface area contributed by atoms with Gasteiger partial charge in [-0.05, 0) is 12.1 Å². The van der Waals surface area contributed by atoms with E-state index in [1.54, 1.807) is 0 Å². The van der Waals surface area contributed by atoms with Crippen LogP contribution >= 0.6 is 20.2 Å². The summed E-state index contributed by atoms with van der Waals surface area (Å²) in [5, 5.41) is 13.6. The minimum atomic E-state index is 0.194. The molecule has 0 unspecified atom stereocenters. The summed E-state index contributed by atoms with van der Waals surface area (Å²) in [5.74, 6) is 0. The molecule has 4 N–H and O–H groups in total. The van der Waals surface area contributed by atoms with Gasteiger partial charge in [-0.3, -0.25) is 4.98 Å². The molecule has 2 rings (SSSR count). The van der Waals surface area contributed by atoms with Gasteiger partial charge in [0.15, 0.2) is 0 Å². The van der Waals surface area contributed by atoms with Crippen molar-refractivity contribution in [2.24, 2.45) is 0 Å². The second-order valence-corrected chi connectivity index (χ2v) is 6.35. The SMILES string of the molecule is [Cl][Fe][Cl].c1cc2nc(c1)CNCCNCCNCCNC2. The van der Waals surface area contributed by atoms with Gasteiger partial charge in [0.2, 0.25) is 0 Å². The van der Waals surface area contributed by atoms with E-state index in [2.05, 4.69) is 44.5 Å². The number of fused-ring (bicyclic) bond motifs is 2. The Morgan fingerprint density at radius 2 is 1.14 bits per heavy atom. The fourth-order valence-electron chi connectivity index (χ4n) is 1.94. The van der Waals surface area contributed by atoms with E-state index in [4.69, 9.17) is 20.2 Å². The smallest absolute Gasteiger partial charge is 0.0545 e. The molecule has 0 spiro atoms. The van der Waals surface area contributed by atoms with Crippen molar-refractivity contribution in [2.75, 3.05) is 39.3 Å². The summed E-state index contributed by atoms with van der Waals surface area (Å²) in [5.41, 5.74) is 2.23. The Kier molecular flexibility index (Phi) is 12.5. The van der Waals surface area contributed by atoms with E-state index in [-0.39, 0.29) is 13.1 Å². The van der Waals surface area contributed by atoms with Crippen molar-refractivity contribution in [1.29, 1.82) is 0 Å². The molecule has 1 aliphatic rings. The van der Waals surface area contributed by atoms with Crippen LogP contribution in [0.15, 0.2) is 18.2 Å². The topological polar surface area (TPSA) is 61.0 Å². The summed E-state index contributed by atoms with van der Waals surface area (Å²) in [7, 11) is 9.53. The van der Waals surface area contributed by atoms with Gasteiger partial charge in [-0.25, -0.2) is 0 Å². The van der Waals surface area contributed by atoms with Gasteiger partial charge in [-0.1, -0.05) is 6.07 Å². The van der Waals surface area contributed by atoms with E-state index in [9.17, 15) is 0 Å². The second-order valence-electron chi connectivity index (χ2n) is 4.52. The maximum absolute atomic E-state index is 4.76. The Labute approximate surface area is 141 Å². The van der Waals surface area contributed by atoms with Gasteiger partial charge < -0.3 is 21.3 Å². The Morgan fingerprint density at radius 3 is 1.57 bits per heavy atom. The Hall–Kier alpha value is 0.0895. The molecule has 5 nitrogen and oxygen atoms in total. The number of nitrogens with one attached hydrogen (secondary N) is 4. The predicted octanol–water partition coefficient (Wildman–Crippen LogP) is 0.830. The number of pyridine rings is 1. The number of halogens is 2. The second kappa shape index (κ2) is 13.7. The van der Waals surface area contributed by atoms with Gasteiger partial charge in [-0.2, -0.15) is 0 Å². The molecule has 21 heavy (non-hydrogen) atoms. The van der Waals surface area contributed by atoms with Crippen molar-refractivity contribution in [2.45, 2.75) is 13.1 Å². The van der Waals surface area contributed by atoms with Crippen LogP contribution in [0.25, 0.3) is 0 Å². The maximum Gasteiger partial charge on any atom is 0.0545 e. The van der Waals surface area contributed by atoms with Gasteiger partial charge in [0.25, 0.3) is 0 Å². The predicted molar refractivity (Wildman–Crippen MR) is 85.1 cm³/mol. The van der Waals surface area contributed by atoms with Crippen LogP contribution in [0.2, 0.25) is 0 Å². The van der Waals surface area contributed by atoms with Crippen LogP contribution in [0, 0.1) is 0 Å². The molecule has 0 atom stereocenters. The first-order chi connectivity index (χ1) is 10.4. The molecule has 0 saturated carbocycles. The van der Waals surface area contributed by atoms with E-state index in [1.165, 1.54) is 0 Å². The number of rotatable bonds is 0. The summed E-state index contributed by atoms with van der Waals surface area (Å²) in [4.78, 5) is 4.62. The maximum atomic E-state index is 4.76. The van der Waals surface area contributed by atoms with Crippen molar-refractivity contribution in [3.05, 3.63) is 29.6 Å². The van der Waals surface area contributed by atoms with Crippen LogP contribution in [-0.4, -0.2) is 44.3 Å². The molecule has 1 aliphatic heterocycles. The van der Waals surface area contributed by atoms with Crippen LogP contribution in [0.3, 0.4) is 0 Å². The number of hydrogen-bond donors (Lipinski definition) is 4. The summed E-state index contributed by atoms with van der Waals surface area (Å²) in [6.07, 6.45) is 0. The largest absolute Gasteiger partial charge is 0.314 e. The first-order valence-corrected chi connectivity index (χ1v) is 10.0. The monoisotopic (exact) mass is 375 g/mol. The molecular formula is C13H23Cl2FeN5. The summed E-state index contributed by atoms with van der Waals surface area (Å²) in [6, 6.07) is 6.22. The Balaban J connectivity index is 0.000000677. The van der Waals surface area contributed by atoms with E-state index in [1.807, 2.05) is 0 Å². The molecular weight excluding hydrogens is 353 g/mol. The van der Waals surface area contributed by atoms with Gasteiger partial charge >= 0.3 is 33.3 Å². The van der Waals surface area contributed by atoms with E-state index < -0.39 is 0 Å². The average Bonchev–Trinajstić information content (AvgIpc) is 2.49. The van der Waals surface area contributed by atoms with Crippen molar-refractivity contribution >= 4 is 20.2 Å². The molecule has 0 amide bonds.